The Morgan fingerprint density at radius 1 is 1.00 bits per heavy atom. The summed E-state index contributed by atoms with van der Waals surface area (Å²) in [5.41, 5.74) is 1.69. The van der Waals surface area contributed by atoms with Gasteiger partial charge in [-0.15, -0.1) is 0 Å². The summed E-state index contributed by atoms with van der Waals surface area (Å²) in [6.07, 6.45) is 6.13. The van der Waals surface area contributed by atoms with Crippen LogP contribution in [0.15, 0.2) is 36.7 Å². The molecule has 2 saturated heterocycles. The van der Waals surface area contributed by atoms with E-state index < -0.39 is 0 Å². The number of aromatic nitrogens is 3. The number of pyridine rings is 1. The first-order chi connectivity index (χ1) is 11.4. The lowest BCUT2D eigenvalue weighted by Gasteiger charge is -2.27. The summed E-state index contributed by atoms with van der Waals surface area (Å²) in [7, 11) is 0. The zero-order valence-corrected chi connectivity index (χ0v) is 13.1. The van der Waals surface area contributed by atoms with Gasteiger partial charge in [0.2, 0.25) is 5.95 Å². The van der Waals surface area contributed by atoms with Crippen LogP contribution >= 0.6 is 0 Å². The molecule has 1 N–H and O–H groups in total. The van der Waals surface area contributed by atoms with Crippen LogP contribution in [0.2, 0.25) is 0 Å². The Balaban J connectivity index is 1.50. The van der Waals surface area contributed by atoms with Gasteiger partial charge in [0.05, 0.1) is 36.7 Å². The largest absolute Gasteiger partial charge is 0.378 e. The van der Waals surface area contributed by atoms with Gasteiger partial charge >= 0.3 is 0 Å². The molecule has 120 valence electrons. The summed E-state index contributed by atoms with van der Waals surface area (Å²) >= 11 is 0. The molecular formula is C17H21N5O. The standard InChI is InChI=1S/C17H21N5O/c1-2-7-18-13(5-1)14-6-8-19-17(20-14)21-15-11-23-12-16(15)22-9-3-4-10-22/h1-2,5-8,15-16H,3-4,9-12H2,(H,19,20,21)/t15-,16-/m1/s1. The van der Waals surface area contributed by atoms with E-state index >= 15 is 0 Å². The summed E-state index contributed by atoms with van der Waals surface area (Å²) in [6, 6.07) is 8.37. The number of likely N-dealkylation sites (tertiary alicyclic amines) is 1. The summed E-state index contributed by atoms with van der Waals surface area (Å²) in [5.74, 6) is 0.646. The van der Waals surface area contributed by atoms with Crippen molar-refractivity contribution in [2.24, 2.45) is 0 Å². The third-order valence-corrected chi connectivity index (χ3v) is 4.56. The summed E-state index contributed by atoms with van der Waals surface area (Å²) in [4.78, 5) is 15.8. The normalized spacial score (nSPS) is 24.9. The van der Waals surface area contributed by atoms with E-state index in [-0.39, 0.29) is 6.04 Å². The van der Waals surface area contributed by atoms with Crippen LogP contribution in [0.4, 0.5) is 5.95 Å². The molecule has 0 spiro atoms. The molecule has 2 aromatic rings. The average Bonchev–Trinajstić information content (AvgIpc) is 3.27. The number of ether oxygens (including phenoxy) is 1. The molecule has 0 aromatic carbocycles. The Labute approximate surface area is 135 Å². The first-order valence-corrected chi connectivity index (χ1v) is 8.23. The van der Waals surface area contributed by atoms with E-state index in [1.807, 2.05) is 24.3 Å². The van der Waals surface area contributed by atoms with E-state index in [0.717, 1.165) is 18.0 Å². The maximum Gasteiger partial charge on any atom is 0.223 e. The number of hydrogen-bond donors (Lipinski definition) is 1. The van der Waals surface area contributed by atoms with E-state index in [1.54, 1.807) is 12.4 Å². The van der Waals surface area contributed by atoms with Crippen LogP contribution in [-0.2, 0) is 4.74 Å². The smallest absolute Gasteiger partial charge is 0.223 e. The average molecular weight is 311 g/mol. The predicted molar refractivity (Wildman–Crippen MR) is 88.1 cm³/mol. The molecule has 2 fully saturated rings. The molecule has 0 amide bonds. The van der Waals surface area contributed by atoms with Crippen molar-refractivity contribution in [1.82, 2.24) is 19.9 Å². The molecular weight excluding hydrogens is 290 g/mol. The quantitative estimate of drug-likeness (QED) is 0.929. The number of hydrogen-bond acceptors (Lipinski definition) is 6. The molecule has 6 heteroatoms. The van der Waals surface area contributed by atoms with Crippen molar-refractivity contribution < 1.29 is 4.74 Å². The number of rotatable bonds is 4. The van der Waals surface area contributed by atoms with E-state index in [4.69, 9.17) is 4.74 Å². The highest BCUT2D eigenvalue weighted by molar-refractivity contribution is 5.54. The molecule has 2 aliphatic heterocycles. The Bertz CT molecular complexity index is 644. The molecule has 2 aromatic heterocycles. The van der Waals surface area contributed by atoms with Gasteiger partial charge in [-0.05, 0) is 44.1 Å². The molecule has 0 unspecified atom stereocenters. The van der Waals surface area contributed by atoms with Gasteiger partial charge in [-0.1, -0.05) is 6.07 Å². The van der Waals surface area contributed by atoms with Gasteiger partial charge in [-0.25, -0.2) is 9.97 Å². The van der Waals surface area contributed by atoms with Crippen LogP contribution in [0.3, 0.4) is 0 Å². The third kappa shape index (κ3) is 3.18. The van der Waals surface area contributed by atoms with Gasteiger partial charge in [0.25, 0.3) is 0 Å². The number of nitrogens with zero attached hydrogens (tertiary/aromatic N) is 4. The van der Waals surface area contributed by atoms with E-state index in [2.05, 4.69) is 25.2 Å². The van der Waals surface area contributed by atoms with Gasteiger partial charge in [0, 0.05) is 12.4 Å². The lowest BCUT2D eigenvalue weighted by Crippen LogP contribution is -2.45. The highest BCUT2D eigenvalue weighted by Crippen LogP contribution is 2.22. The highest BCUT2D eigenvalue weighted by atomic mass is 16.5. The minimum absolute atomic E-state index is 0.243. The van der Waals surface area contributed by atoms with Crippen molar-refractivity contribution in [2.75, 3.05) is 31.6 Å². The second kappa shape index (κ2) is 6.60. The molecule has 0 bridgehead atoms. The van der Waals surface area contributed by atoms with E-state index in [9.17, 15) is 0 Å². The summed E-state index contributed by atoms with van der Waals surface area (Å²) in [5, 5.41) is 3.46. The molecule has 4 rings (SSSR count). The molecule has 0 aliphatic carbocycles. The molecule has 4 heterocycles. The van der Waals surface area contributed by atoms with Gasteiger partial charge in [-0.3, -0.25) is 9.88 Å². The van der Waals surface area contributed by atoms with Crippen molar-refractivity contribution >= 4 is 5.95 Å². The Morgan fingerprint density at radius 2 is 1.91 bits per heavy atom. The molecule has 2 aliphatic rings. The molecule has 0 saturated carbocycles. The Morgan fingerprint density at radius 3 is 2.74 bits per heavy atom. The maximum atomic E-state index is 5.70. The fourth-order valence-electron chi connectivity index (χ4n) is 3.36. The number of nitrogens with one attached hydrogen (secondary N) is 1. The molecule has 0 radical (unpaired) electrons. The lowest BCUT2D eigenvalue weighted by molar-refractivity contribution is 0.159. The van der Waals surface area contributed by atoms with Crippen molar-refractivity contribution in [3.05, 3.63) is 36.7 Å². The van der Waals surface area contributed by atoms with Crippen LogP contribution in [0, 0.1) is 0 Å². The first kappa shape index (κ1) is 14.5. The van der Waals surface area contributed by atoms with Crippen LogP contribution in [0.25, 0.3) is 11.4 Å². The maximum absolute atomic E-state index is 5.70. The first-order valence-electron chi connectivity index (χ1n) is 8.23. The zero-order valence-electron chi connectivity index (χ0n) is 13.1. The molecule has 23 heavy (non-hydrogen) atoms. The van der Waals surface area contributed by atoms with Gasteiger partial charge < -0.3 is 10.1 Å². The predicted octanol–water partition coefficient (Wildman–Crippen LogP) is 1.81. The second-order valence-electron chi connectivity index (χ2n) is 6.08. The summed E-state index contributed by atoms with van der Waals surface area (Å²) in [6.45, 7) is 3.83. The fourth-order valence-corrected chi connectivity index (χ4v) is 3.36. The zero-order chi connectivity index (χ0) is 15.5. The van der Waals surface area contributed by atoms with Crippen molar-refractivity contribution in [3.63, 3.8) is 0 Å². The van der Waals surface area contributed by atoms with Gasteiger partial charge in [0.1, 0.15) is 0 Å². The fraction of sp³-hybridized carbons (Fsp3) is 0.471. The van der Waals surface area contributed by atoms with Gasteiger partial charge in [0.15, 0.2) is 0 Å². The van der Waals surface area contributed by atoms with E-state index in [1.165, 1.54) is 25.9 Å². The summed E-state index contributed by atoms with van der Waals surface area (Å²) < 4.78 is 5.70. The SMILES string of the molecule is c1ccc(-c2ccnc(N[C@@H]3COC[C@H]3N3CCCC3)n2)nc1. The van der Waals surface area contributed by atoms with Crippen LogP contribution in [-0.4, -0.2) is 58.2 Å². The highest BCUT2D eigenvalue weighted by Gasteiger charge is 2.34. The van der Waals surface area contributed by atoms with Crippen molar-refractivity contribution in [1.29, 1.82) is 0 Å². The van der Waals surface area contributed by atoms with Crippen molar-refractivity contribution in [3.8, 4) is 11.4 Å². The Hall–Kier alpha value is -2.05. The van der Waals surface area contributed by atoms with Crippen LogP contribution < -0.4 is 5.32 Å². The minimum atomic E-state index is 0.243. The van der Waals surface area contributed by atoms with Crippen LogP contribution in [0.5, 0.6) is 0 Å². The van der Waals surface area contributed by atoms with E-state index in [0.29, 0.717) is 18.6 Å². The second-order valence-corrected chi connectivity index (χ2v) is 6.08. The lowest BCUT2D eigenvalue weighted by atomic mass is 10.1. The minimum Gasteiger partial charge on any atom is -0.378 e. The van der Waals surface area contributed by atoms with Gasteiger partial charge in [-0.2, -0.15) is 0 Å². The monoisotopic (exact) mass is 311 g/mol. The molecule has 2 atom stereocenters. The topological polar surface area (TPSA) is 63.2 Å². The molecule has 6 nitrogen and oxygen atoms in total. The van der Waals surface area contributed by atoms with Crippen molar-refractivity contribution in [2.45, 2.75) is 24.9 Å². The third-order valence-electron chi connectivity index (χ3n) is 4.56. The van der Waals surface area contributed by atoms with Crippen LogP contribution in [0.1, 0.15) is 12.8 Å². The Kier molecular flexibility index (Phi) is 4.17. The number of anilines is 1.